The molecule has 0 radical (unpaired) electrons. The highest BCUT2D eigenvalue weighted by Gasteiger charge is 2.26. The fraction of sp³-hybridized carbons (Fsp3) is 0.529. The first kappa shape index (κ1) is 16.5. The van der Waals surface area contributed by atoms with E-state index in [1.807, 2.05) is 11.0 Å². The highest BCUT2D eigenvalue weighted by atomic mass is 79.9. The molecule has 1 saturated carbocycles. The van der Waals surface area contributed by atoms with Gasteiger partial charge >= 0.3 is 6.03 Å². The van der Waals surface area contributed by atoms with Crippen molar-refractivity contribution in [3.05, 3.63) is 28.8 Å². The molecule has 25 heavy (non-hydrogen) atoms. The number of amides is 2. The molecule has 0 spiro atoms. The maximum absolute atomic E-state index is 12.5. The quantitative estimate of drug-likeness (QED) is 0.834. The lowest BCUT2D eigenvalue weighted by molar-refractivity contribution is 0.175. The molecule has 0 atom stereocenters. The van der Waals surface area contributed by atoms with Crippen molar-refractivity contribution in [2.24, 2.45) is 0 Å². The van der Waals surface area contributed by atoms with E-state index in [9.17, 15) is 4.79 Å². The Morgan fingerprint density at radius 3 is 2.80 bits per heavy atom. The Labute approximate surface area is 155 Å². The summed E-state index contributed by atoms with van der Waals surface area (Å²) < 4.78 is 2.99. The lowest BCUT2D eigenvalue weighted by atomic mass is 9.96. The van der Waals surface area contributed by atoms with Crippen molar-refractivity contribution in [3.8, 4) is 11.4 Å². The minimum atomic E-state index is 0.0202. The Hall–Kier alpha value is -1.96. The minimum absolute atomic E-state index is 0.0202. The summed E-state index contributed by atoms with van der Waals surface area (Å²) in [6.07, 6.45) is 9.42. The summed E-state index contributed by atoms with van der Waals surface area (Å²) in [4.78, 5) is 18.6. The molecule has 2 aromatic heterocycles. The van der Waals surface area contributed by atoms with E-state index in [1.165, 1.54) is 19.3 Å². The zero-order valence-electron chi connectivity index (χ0n) is 14.0. The number of halogens is 1. The molecule has 132 valence electrons. The van der Waals surface area contributed by atoms with Gasteiger partial charge < -0.3 is 14.8 Å². The van der Waals surface area contributed by atoms with Crippen LogP contribution in [0.3, 0.4) is 0 Å². The number of pyridine rings is 1. The van der Waals surface area contributed by atoms with Gasteiger partial charge in [0.25, 0.3) is 0 Å². The van der Waals surface area contributed by atoms with Crippen LogP contribution in [0.1, 0.15) is 37.9 Å². The lowest BCUT2D eigenvalue weighted by Crippen LogP contribution is -2.48. The van der Waals surface area contributed by atoms with Gasteiger partial charge in [0.05, 0.1) is 6.54 Å². The van der Waals surface area contributed by atoms with Gasteiger partial charge in [-0.05, 0) is 34.8 Å². The van der Waals surface area contributed by atoms with E-state index < -0.39 is 0 Å². The fourth-order valence-corrected chi connectivity index (χ4v) is 3.96. The van der Waals surface area contributed by atoms with E-state index >= 15 is 0 Å². The van der Waals surface area contributed by atoms with Crippen LogP contribution < -0.4 is 5.32 Å². The van der Waals surface area contributed by atoms with Crippen molar-refractivity contribution >= 4 is 22.0 Å². The molecule has 1 aliphatic heterocycles. The molecule has 4 rings (SSSR count). The van der Waals surface area contributed by atoms with E-state index in [-0.39, 0.29) is 6.03 Å². The van der Waals surface area contributed by atoms with Gasteiger partial charge in [-0.2, -0.15) is 0 Å². The Bertz CT molecular complexity index is 770. The number of hydrogen-bond donors (Lipinski definition) is 1. The third kappa shape index (κ3) is 3.53. The van der Waals surface area contributed by atoms with Gasteiger partial charge in [-0.25, -0.2) is 4.79 Å². The highest BCUT2D eigenvalue weighted by molar-refractivity contribution is 9.10. The van der Waals surface area contributed by atoms with Crippen LogP contribution in [0.25, 0.3) is 11.4 Å². The first-order chi connectivity index (χ1) is 12.2. The Balaban J connectivity index is 1.46. The van der Waals surface area contributed by atoms with E-state index in [0.717, 1.165) is 34.5 Å². The second-order valence-corrected chi connectivity index (χ2v) is 7.60. The first-order valence-electron chi connectivity index (χ1n) is 8.79. The molecular weight excluding hydrogens is 384 g/mol. The Morgan fingerprint density at radius 1 is 1.16 bits per heavy atom. The number of hydrogen-bond acceptors (Lipinski definition) is 4. The molecule has 1 aliphatic carbocycles. The van der Waals surface area contributed by atoms with Gasteiger partial charge in [0, 0.05) is 41.6 Å². The van der Waals surface area contributed by atoms with Crippen molar-refractivity contribution < 1.29 is 4.79 Å². The number of aromatic nitrogens is 4. The van der Waals surface area contributed by atoms with Crippen LogP contribution in [0.15, 0.2) is 22.9 Å². The van der Waals surface area contributed by atoms with Crippen molar-refractivity contribution in [2.75, 3.05) is 6.54 Å². The molecular formula is C17H21BrN6O. The zero-order chi connectivity index (χ0) is 17.2. The SMILES string of the molecule is O=C(NC1CCCCC1)N1CCn2c(nnc2-c2cncc(Br)c2)C1. The van der Waals surface area contributed by atoms with Crippen LogP contribution in [0, 0.1) is 0 Å². The van der Waals surface area contributed by atoms with Crippen LogP contribution in [0.2, 0.25) is 0 Å². The maximum atomic E-state index is 12.5. The van der Waals surface area contributed by atoms with Crippen LogP contribution >= 0.6 is 15.9 Å². The van der Waals surface area contributed by atoms with Crippen molar-refractivity contribution in [1.82, 2.24) is 30.0 Å². The third-order valence-corrected chi connectivity index (χ3v) is 5.37. The number of carbonyl (C=O) groups is 1. The van der Waals surface area contributed by atoms with Gasteiger partial charge in [0.1, 0.15) is 0 Å². The Morgan fingerprint density at radius 2 is 2.00 bits per heavy atom. The summed E-state index contributed by atoms with van der Waals surface area (Å²) in [6.45, 7) is 1.85. The van der Waals surface area contributed by atoms with Gasteiger partial charge in [0.15, 0.2) is 11.6 Å². The van der Waals surface area contributed by atoms with Gasteiger partial charge in [0.2, 0.25) is 0 Å². The first-order valence-corrected chi connectivity index (χ1v) is 9.58. The molecule has 2 aliphatic rings. The van der Waals surface area contributed by atoms with Crippen molar-refractivity contribution in [3.63, 3.8) is 0 Å². The number of rotatable bonds is 2. The molecule has 0 saturated heterocycles. The monoisotopic (exact) mass is 404 g/mol. The fourth-order valence-electron chi connectivity index (χ4n) is 3.59. The van der Waals surface area contributed by atoms with Gasteiger partial charge in [-0.3, -0.25) is 4.98 Å². The number of carbonyl (C=O) groups excluding carboxylic acids is 1. The molecule has 8 heteroatoms. The molecule has 0 aromatic carbocycles. The maximum Gasteiger partial charge on any atom is 0.318 e. The molecule has 0 unspecified atom stereocenters. The average molecular weight is 405 g/mol. The number of nitrogens with zero attached hydrogens (tertiary/aromatic N) is 5. The molecule has 7 nitrogen and oxygen atoms in total. The summed E-state index contributed by atoms with van der Waals surface area (Å²) in [7, 11) is 0. The summed E-state index contributed by atoms with van der Waals surface area (Å²) >= 11 is 3.44. The van der Waals surface area contributed by atoms with Crippen LogP contribution in [0.5, 0.6) is 0 Å². The van der Waals surface area contributed by atoms with Crippen molar-refractivity contribution in [2.45, 2.75) is 51.2 Å². The average Bonchev–Trinajstić information content (AvgIpc) is 3.06. The summed E-state index contributed by atoms with van der Waals surface area (Å²) in [6, 6.07) is 2.32. The lowest BCUT2D eigenvalue weighted by Gasteiger charge is -2.31. The number of urea groups is 1. The minimum Gasteiger partial charge on any atom is -0.335 e. The second-order valence-electron chi connectivity index (χ2n) is 6.69. The smallest absolute Gasteiger partial charge is 0.318 e. The number of nitrogens with one attached hydrogen (secondary N) is 1. The molecule has 2 amide bonds. The molecule has 1 fully saturated rings. The zero-order valence-corrected chi connectivity index (χ0v) is 15.6. The summed E-state index contributed by atoms with van der Waals surface area (Å²) in [5.41, 5.74) is 0.924. The van der Waals surface area contributed by atoms with E-state index in [4.69, 9.17) is 0 Å². The third-order valence-electron chi connectivity index (χ3n) is 4.94. The standard InChI is InChI=1S/C17H21BrN6O/c18-13-8-12(9-19-10-13)16-22-21-15-11-23(6-7-24(15)16)17(25)20-14-4-2-1-3-5-14/h8-10,14H,1-7,11H2,(H,20,25). The van der Waals surface area contributed by atoms with Crippen LogP contribution in [-0.2, 0) is 13.1 Å². The van der Waals surface area contributed by atoms with E-state index in [2.05, 4.69) is 41.0 Å². The van der Waals surface area contributed by atoms with Crippen LogP contribution in [0.4, 0.5) is 4.79 Å². The van der Waals surface area contributed by atoms with Gasteiger partial charge in [-0.15, -0.1) is 10.2 Å². The van der Waals surface area contributed by atoms with E-state index in [0.29, 0.717) is 25.7 Å². The second kappa shape index (κ2) is 7.11. The normalized spacial score (nSPS) is 18.0. The van der Waals surface area contributed by atoms with E-state index in [1.54, 1.807) is 12.4 Å². The topological polar surface area (TPSA) is 75.9 Å². The summed E-state index contributed by atoms with van der Waals surface area (Å²) in [5, 5.41) is 11.8. The molecule has 1 N–H and O–H groups in total. The van der Waals surface area contributed by atoms with Crippen LogP contribution in [-0.4, -0.2) is 43.3 Å². The molecule has 3 heterocycles. The largest absolute Gasteiger partial charge is 0.335 e. The summed E-state index contributed by atoms with van der Waals surface area (Å²) in [5.74, 6) is 1.62. The predicted octanol–water partition coefficient (Wildman–Crippen LogP) is 2.96. The number of fused-ring (bicyclic) bond motifs is 1. The van der Waals surface area contributed by atoms with Crippen molar-refractivity contribution in [1.29, 1.82) is 0 Å². The molecule has 2 aromatic rings. The molecule has 0 bridgehead atoms. The Kier molecular flexibility index (Phi) is 4.70. The van der Waals surface area contributed by atoms with Gasteiger partial charge in [-0.1, -0.05) is 19.3 Å². The highest BCUT2D eigenvalue weighted by Crippen LogP contribution is 2.24. The predicted molar refractivity (Wildman–Crippen MR) is 96.8 cm³/mol.